The zero-order valence-corrected chi connectivity index (χ0v) is 17.2. The Morgan fingerprint density at radius 3 is 2.17 bits per heavy atom. The van der Waals surface area contributed by atoms with Gasteiger partial charge in [-0.05, 0) is 36.2 Å². The summed E-state index contributed by atoms with van der Waals surface area (Å²) in [4.78, 5) is 27.1. The Morgan fingerprint density at radius 1 is 1.00 bits per heavy atom. The summed E-state index contributed by atoms with van der Waals surface area (Å²) >= 11 is 0. The van der Waals surface area contributed by atoms with E-state index in [2.05, 4.69) is 0 Å². The Balaban J connectivity index is 1.88. The number of hydrogen-bond acceptors (Lipinski definition) is 4. The lowest BCUT2D eigenvalue weighted by Crippen LogP contribution is -2.51. The summed E-state index contributed by atoms with van der Waals surface area (Å²) in [7, 11) is -3.90. The normalized spacial score (nSPS) is 14.5. The number of anilines is 1. The maximum absolute atomic E-state index is 13.3. The highest BCUT2D eigenvalue weighted by molar-refractivity contribution is 7.92. The van der Waals surface area contributed by atoms with Crippen molar-refractivity contribution in [2.45, 2.75) is 18.2 Å². The zero-order chi connectivity index (χ0) is 20.9. The third kappa shape index (κ3) is 4.76. The second kappa shape index (κ2) is 9.09. The van der Waals surface area contributed by atoms with Crippen molar-refractivity contribution in [1.82, 2.24) is 9.80 Å². The van der Waals surface area contributed by atoms with Gasteiger partial charge in [0.25, 0.3) is 10.0 Å². The zero-order valence-electron chi connectivity index (χ0n) is 16.4. The van der Waals surface area contributed by atoms with E-state index in [1.54, 1.807) is 40.1 Å². The van der Waals surface area contributed by atoms with E-state index in [0.29, 0.717) is 31.9 Å². The highest BCUT2D eigenvalue weighted by atomic mass is 32.2. The van der Waals surface area contributed by atoms with Gasteiger partial charge in [-0.25, -0.2) is 8.42 Å². The van der Waals surface area contributed by atoms with Crippen LogP contribution in [0, 0.1) is 0 Å². The van der Waals surface area contributed by atoms with E-state index in [4.69, 9.17) is 0 Å². The summed E-state index contributed by atoms with van der Waals surface area (Å²) in [5, 5.41) is 0. The van der Waals surface area contributed by atoms with Gasteiger partial charge in [0.1, 0.15) is 6.54 Å². The molecule has 0 atom stereocenters. The number of aryl methyl sites for hydroxylation is 1. The molecule has 0 saturated carbocycles. The molecule has 0 aromatic heterocycles. The molecular weight excluding hydrogens is 390 g/mol. The van der Waals surface area contributed by atoms with Crippen molar-refractivity contribution in [3.63, 3.8) is 0 Å². The van der Waals surface area contributed by atoms with Crippen LogP contribution in [-0.4, -0.2) is 63.3 Å². The third-order valence-corrected chi connectivity index (χ3v) is 6.85. The summed E-state index contributed by atoms with van der Waals surface area (Å²) in [6.07, 6.45) is 1.61. The number of carbonyl (C=O) groups is 2. The van der Waals surface area contributed by atoms with Crippen LogP contribution in [0.2, 0.25) is 0 Å². The van der Waals surface area contributed by atoms with Gasteiger partial charge in [0.05, 0.1) is 10.6 Å². The Bertz CT molecular complexity index is 938. The maximum Gasteiger partial charge on any atom is 0.264 e. The minimum Gasteiger partial charge on any atom is -0.342 e. The molecule has 29 heavy (non-hydrogen) atoms. The number of sulfonamides is 1. The molecule has 1 aliphatic heterocycles. The van der Waals surface area contributed by atoms with Gasteiger partial charge >= 0.3 is 0 Å². The molecular formula is C21H25N3O4S. The van der Waals surface area contributed by atoms with Crippen LogP contribution >= 0.6 is 0 Å². The van der Waals surface area contributed by atoms with Gasteiger partial charge in [0, 0.05) is 26.2 Å². The van der Waals surface area contributed by atoms with Crippen LogP contribution in [0.5, 0.6) is 0 Å². The predicted molar refractivity (Wildman–Crippen MR) is 111 cm³/mol. The van der Waals surface area contributed by atoms with Gasteiger partial charge in [-0.1, -0.05) is 37.3 Å². The average Bonchev–Trinajstić information content (AvgIpc) is 2.78. The van der Waals surface area contributed by atoms with Gasteiger partial charge in [0.15, 0.2) is 0 Å². The van der Waals surface area contributed by atoms with E-state index in [1.807, 2.05) is 19.1 Å². The van der Waals surface area contributed by atoms with Crippen molar-refractivity contribution in [2.24, 2.45) is 0 Å². The van der Waals surface area contributed by atoms with E-state index in [0.717, 1.165) is 22.7 Å². The summed E-state index contributed by atoms with van der Waals surface area (Å²) in [5.41, 5.74) is 1.54. The largest absolute Gasteiger partial charge is 0.342 e. The number of nitrogens with zero attached hydrogens (tertiary/aromatic N) is 3. The van der Waals surface area contributed by atoms with Crippen molar-refractivity contribution >= 4 is 28.0 Å². The number of carbonyl (C=O) groups excluding carboxylic acids is 2. The van der Waals surface area contributed by atoms with E-state index in [9.17, 15) is 18.0 Å². The molecule has 1 fully saturated rings. The van der Waals surface area contributed by atoms with Crippen molar-refractivity contribution in [2.75, 3.05) is 37.0 Å². The molecule has 154 valence electrons. The fourth-order valence-corrected chi connectivity index (χ4v) is 4.67. The number of amides is 2. The van der Waals surface area contributed by atoms with E-state index < -0.39 is 10.0 Å². The first-order valence-electron chi connectivity index (χ1n) is 9.59. The molecule has 2 aromatic carbocycles. The molecule has 3 rings (SSSR count). The molecule has 2 aromatic rings. The molecule has 0 unspecified atom stereocenters. The number of rotatable bonds is 7. The van der Waals surface area contributed by atoms with E-state index >= 15 is 0 Å². The fraction of sp³-hybridized carbons (Fsp3) is 0.333. The Morgan fingerprint density at radius 2 is 1.62 bits per heavy atom. The highest BCUT2D eigenvalue weighted by Gasteiger charge is 2.30. The van der Waals surface area contributed by atoms with Crippen LogP contribution in [0.1, 0.15) is 12.5 Å². The van der Waals surface area contributed by atoms with Crippen LogP contribution in [-0.2, 0) is 26.0 Å². The molecule has 0 bridgehead atoms. The molecule has 0 radical (unpaired) electrons. The monoisotopic (exact) mass is 415 g/mol. The lowest BCUT2D eigenvalue weighted by atomic mass is 10.1. The first kappa shape index (κ1) is 20.9. The molecule has 1 heterocycles. The number of hydrogen-bond donors (Lipinski definition) is 0. The Labute approximate surface area is 171 Å². The van der Waals surface area contributed by atoms with Gasteiger partial charge in [-0.2, -0.15) is 0 Å². The Hall–Kier alpha value is -2.87. The standard InChI is InChI=1S/C21H25N3O4S/c1-2-18-8-10-19(11-9-18)24(29(27,28)20-6-4-3-5-7-20)16-21(26)23-14-12-22(17-25)13-15-23/h3-11,17H,2,12-16H2,1H3. The summed E-state index contributed by atoms with van der Waals surface area (Å²) < 4.78 is 27.8. The number of piperazine rings is 1. The number of benzene rings is 2. The Kier molecular flexibility index (Phi) is 6.53. The molecule has 7 nitrogen and oxygen atoms in total. The first-order valence-corrected chi connectivity index (χ1v) is 11.0. The molecule has 1 aliphatic rings. The average molecular weight is 416 g/mol. The van der Waals surface area contributed by atoms with E-state index in [1.165, 1.54) is 12.1 Å². The predicted octanol–water partition coefficient (Wildman–Crippen LogP) is 1.74. The SMILES string of the molecule is CCc1ccc(N(CC(=O)N2CCN(C=O)CC2)S(=O)(=O)c2ccccc2)cc1. The lowest BCUT2D eigenvalue weighted by Gasteiger charge is -2.34. The molecule has 0 N–H and O–H groups in total. The summed E-state index contributed by atoms with van der Waals surface area (Å²) in [6, 6.07) is 15.3. The van der Waals surface area contributed by atoms with Crippen molar-refractivity contribution < 1.29 is 18.0 Å². The smallest absolute Gasteiger partial charge is 0.264 e. The topological polar surface area (TPSA) is 78.0 Å². The van der Waals surface area contributed by atoms with Gasteiger partial charge in [-0.15, -0.1) is 0 Å². The van der Waals surface area contributed by atoms with Crippen LogP contribution in [0.3, 0.4) is 0 Å². The van der Waals surface area contributed by atoms with E-state index in [-0.39, 0.29) is 17.3 Å². The quantitative estimate of drug-likeness (QED) is 0.646. The highest BCUT2D eigenvalue weighted by Crippen LogP contribution is 2.24. The summed E-state index contributed by atoms with van der Waals surface area (Å²) in [5.74, 6) is -0.283. The van der Waals surface area contributed by atoms with Crippen LogP contribution in [0.25, 0.3) is 0 Å². The lowest BCUT2D eigenvalue weighted by molar-refractivity contribution is -0.133. The van der Waals surface area contributed by atoms with Crippen molar-refractivity contribution in [1.29, 1.82) is 0 Å². The molecule has 0 spiro atoms. The fourth-order valence-electron chi connectivity index (χ4n) is 3.23. The van der Waals surface area contributed by atoms with Gasteiger partial charge < -0.3 is 9.80 Å². The molecule has 2 amide bonds. The summed E-state index contributed by atoms with van der Waals surface area (Å²) in [6.45, 7) is 3.43. The minimum absolute atomic E-state index is 0.137. The molecule has 0 aliphatic carbocycles. The van der Waals surface area contributed by atoms with Crippen LogP contribution < -0.4 is 4.31 Å². The van der Waals surface area contributed by atoms with Gasteiger partial charge in [0.2, 0.25) is 12.3 Å². The first-order chi connectivity index (χ1) is 14.0. The minimum atomic E-state index is -3.90. The second-order valence-corrected chi connectivity index (χ2v) is 8.73. The van der Waals surface area contributed by atoms with Crippen LogP contribution in [0.4, 0.5) is 5.69 Å². The molecule has 1 saturated heterocycles. The van der Waals surface area contributed by atoms with Crippen molar-refractivity contribution in [3.05, 3.63) is 60.2 Å². The van der Waals surface area contributed by atoms with Gasteiger partial charge in [-0.3, -0.25) is 13.9 Å². The van der Waals surface area contributed by atoms with Crippen LogP contribution in [0.15, 0.2) is 59.5 Å². The third-order valence-electron chi connectivity index (χ3n) is 5.06. The molecule has 8 heteroatoms. The van der Waals surface area contributed by atoms with Crippen molar-refractivity contribution in [3.8, 4) is 0 Å². The maximum atomic E-state index is 13.3. The second-order valence-electron chi connectivity index (χ2n) is 6.87.